The highest BCUT2D eigenvalue weighted by molar-refractivity contribution is 5.95. The number of hydrogen-bond acceptors (Lipinski definition) is 3. The third-order valence-corrected chi connectivity index (χ3v) is 4.15. The Kier molecular flexibility index (Phi) is 3.59. The van der Waals surface area contributed by atoms with E-state index in [0.717, 1.165) is 31.4 Å². The minimum atomic E-state index is -0.564. The third-order valence-electron chi connectivity index (χ3n) is 4.15. The van der Waals surface area contributed by atoms with Gasteiger partial charge in [-0.15, -0.1) is 0 Å². The molecule has 1 aromatic rings. The van der Waals surface area contributed by atoms with Crippen LogP contribution in [0.2, 0.25) is 0 Å². The van der Waals surface area contributed by atoms with E-state index in [1.165, 1.54) is 6.20 Å². The normalized spacial score (nSPS) is 17.4. The van der Waals surface area contributed by atoms with Crippen molar-refractivity contribution in [2.45, 2.75) is 32.6 Å². The average molecular weight is 264 g/mol. The highest BCUT2D eigenvalue weighted by Gasteiger charge is 2.39. The van der Waals surface area contributed by atoms with Crippen molar-refractivity contribution in [2.75, 3.05) is 6.54 Å². The largest absolute Gasteiger partial charge is 0.369 e. The fourth-order valence-electron chi connectivity index (χ4n) is 2.63. The van der Waals surface area contributed by atoms with Crippen LogP contribution in [0.1, 0.15) is 41.7 Å². The number of nitrogens with two attached hydrogens (primary N) is 1. The first kappa shape index (κ1) is 13.6. The van der Waals surface area contributed by atoms with Gasteiger partial charge in [0.2, 0.25) is 5.91 Å². The van der Waals surface area contributed by atoms with Crippen LogP contribution >= 0.6 is 0 Å². The molecule has 1 fully saturated rings. The van der Waals surface area contributed by atoms with Crippen LogP contribution in [0.3, 0.4) is 0 Å². The second-order valence-corrected chi connectivity index (χ2v) is 5.30. The van der Waals surface area contributed by atoms with Crippen molar-refractivity contribution in [3.63, 3.8) is 0 Å². The number of carbonyl (C=O) groups is 2. The highest BCUT2D eigenvalue weighted by atomic mass is 16.2. The molecule has 6 heteroatoms. The van der Waals surface area contributed by atoms with Crippen LogP contribution in [0, 0.1) is 12.3 Å². The van der Waals surface area contributed by atoms with Gasteiger partial charge in [0.05, 0.1) is 17.2 Å². The Balaban J connectivity index is 2.04. The van der Waals surface area contributed by atoms with E-state index in [9.17, 15) is 9.59 Å². The van der Waals surface area contributed by atoms with Crippen molar-refractivity contribution in [3.8, 4) is 0 Å². The summed E-state index contributed by atoms with van der Waals surface area (Å²) in [5.41, 5.74) is 6.27. The number of carbonyl (C=O) groups excluding carboxylic acids is 2. The minimum Gasteiger partial charge on any atom is -0.369 e. The molecule has 2 amide bonds. The maximum absolute atomic E-state index is 12.1. The van der Waals surface area contributed by atoms with E-state index >= 15 is 0 Å². The number of nitrogens with zero attached hydrogens (tertiary/aromatic N) is 2. The molecule has 104 valence electrons. The predicted octanol–water partition coefficient (Wildman–Crippen LogP) is 0.504. The van der Waals surface area contributed by atoms with Gasteiger partial charge in [-0.3, -0.25) is 14.3 Å². The van der Waals surface area contributed by atoms with Crippen LogP contribution in [0.25, 0.3) is 0 Å². The van der Waals surface area contributed by atoms with Crippen LogP contribution in [-0.2, 0) is 11.8 Å². The lowest BCUT2D eigenvalue weighted by atomic mass is 9.85. The molecule has 0 aromatic carbocycles. The molecule has 1 aliphatic rings. The van der Waals surface area contributed by atoms with Gasteiger partial charge in [0.15, 0.2) is 0 Å². The highest BCUT2D eigenvalue weighted by Crippen LogP contribution is 2.37. The molecule has 1 aromatic heterocycles. The molecular formula is C13H20N4O2. The summed E-state index contributed by atoms with van der Waals surface area (Å²) < 4.78 is 1.65. The number of aryl methyl sites for hydroxylation is 1. The van der Waals surface area contributed by atoms with Gasteiger partial charge in [-0.25, -0.2) is 0 Å². The number of amides is 2. The summed E-state index contributed by atoms with van der Waals surface area (Å²) in [6, 6.07) is 0. The van der Waals surface area contributed by atoms with E-state index in [2.05, 4.69) is 10.4 Å². The van der Waals surface area contributed by atoms with Crippen molar-refractivity contribution in [1.82, 2.24) is 15.1 Å². The van der Waals surface area contributed by atoms with Gasteiger partial charge in [0, 0.05) is 19.3 Å². The average Bonchev–Trinajstić information content (AvgIpc) is 2.96. The lowest BCUT2D eigenvalue weighted by molar-refractivity contribution is -0.127. The summed E-state index contributed by atoms with van der Waals surface area (Å²) in [7, 11) is 1.79. The zero-order valence-electron chi connectivity index (χ0n) is 11.4. The van der Waals surface area contributed by atoms with Gasteiger partial charge in [-0.05, 0) is 19.8 Å². The lowest BCUT2D eigenvalue weighted by Crippen LogP contribution is -2.44. The summed E-state index contributed by atoms with van der Waals surface area (Å²) in [6.45, 7) is 2.15. The second kappa shape index (κ2) is 5.03. The predicted molar refractivity (Wildman–Crippen MR) is 70.4 cm³/mol. The minimum absolute atomic E-state index is 0.196. The first-order valence-corrected chi connectivity index (χ1v) is 6.53. The van der Waals surface area contributed by atoms with Crippen molar-refractivity contribution < 1.29 is 9.59 Å². The molecule has 3 N–H and O–H groups in total. The van der Waals surface area contributed by atoms with Gasteiger partial charge in [0.1, 0.15) is 0 Å². The molecule has 0 radical (unpaired) electrons. The standard InChI is InChI=1S/C13H20N4O2/c1-9-10(7-16-17(9)2)11(18)15-8-13(12(14)19)5-3-4-6-13/h7H,3-6,8H2,1-2H3,(H2,14,19)(H,15,18). The van der Waals surface area contributed by atoms with Crippen LogP contribution in [-0.4, -0.2) is 28.1 Å². The quantitative estimate of drug-likeness (QED) is 0.830. The monoisotopic (exact) mass is 264 g/mol. The van der Waals surface area contributed by atoms with E-state index in [-0.39, 0.29) is 11.8 Å². The second-order valence-electron chi connectivity index (χ2n) is 5.30. The third kappa shape index (κ3) is 2.47. The first-order chi connectivity index (χ1) is 8.96. The SMILES string of the molecule is Cc1c(C(=O)NCC2(C(N)=O)CCCC2)cnn1C. The number of rotatable bonds is 4. The molecule has 1 aliphatic carbocycles. The zero-order valence-corrected chi connectivity index (χ0v) is 11.4. The zero-order chi connectivity index (χ0) is 14.0. The Hall–Kier alpha value is -1.85. The van der Waals surface area contributed by atoms with Gasteiger partial charge in [-0.2, -0.15) is 5.10 Å². The van der Waals surface area contributed by atoms with Gasteiger partial charge >= 0.3 is 0 Å². The summed E-state index contributed by atoms with van der Waals surface area (Å²) in [5, 5.41) is 6.86. The Bertz CT molecular complexity index is 501. The van der Waals surface area contributed by atoms with E-state index in [1.807, 2.05) is 6.92 Å². The molecule has 0 unspecified atom stereocenters. The smallest absolute Gasteiger partial charge is 0.254 e. The number of primary amides is 1. The van der Waals surface area contributed by atoms with Gasteiger partial charge < -0.3 is 11.1 Å². The lowest BCUT2D eigenvalue weighted by Gasteiger charge is -2.25. The maximum Gasteiger partial charge on any atom is 0.254 e. The Labute approximate surface area is 112 Å². The summed E-state index contributed by atoms with van der Waals surface area (Å²) >= 11 is 0. The Morgan fingerprint density at radius 1 is 1.47 bits per heavy atom. The van der Waals surface area contributed by atoms with E-state index < -0.39 is 5.41 Å². The van der Waals surface area contributed by atoms with Crippen molar-refractivity contribution >= 4 is 11.8 Å². The fraction of sp³-hybridized carbons (Fsp3) is 0.615. The Morgan fingerprint density at radius 3 is 2.58 bits per heavy atom. The van der Waals surface area contributed by atoms with Gasteiger partial charge in [-0.1, -0.05) is 12.8 Å². The van der Waals surface area contributed by atoms with Crippen LogP contribution in [0.5, 0.6) is 0 Å². The molecule has 6 nitrogen and oxygen atoms in total. The van der Waals surface area contributed by atoms with Crippen LogP contribution in [0.4, 0.5) is 0 Å². The summed E-state index contributed by atoms with van der Waals surface area (Å²) in [4.78, 5) is 23.7. The van der Waals surface area contributed by atoms with Crippen LogP contribution < -0.4 is 11.1 Å². The molecule has 0 aliphatic heterocycles. The molecule has 1 saturated carbocycles. The fourth-order valence-corrected chi connectivity index (χ4v) is 2.63. The molecule has 2 rings (SSSR count). The maximum atomic E-state index is 12.1. The topological polar surface area (TPSA) is 90.0 Å². The molecule has 0 bridgehead atoms. The van der Waals surface area contributed by atoms with Crippen molar-refractivity contribution in [3.05, 3.63) is 17.5 Å². The molecular weight excluding hydrogens is 244 g/mol. The van der Waals surface area contributed by atoms with E-state index in [1.54, 1.807) is 11.7 Å². The number of aromatic nitrogens is 2. The first-order valence-electron chi connectivity index (χ1n) is 6.53. The molecule has 0 spiro atoms. The summed E-state index contributed by atoms with van der Waals surface area (Å²) in [6.07, 6.45) is 5.04. The molecule has 19 heavy (non-hydrogen) atoms. The van der Waals surface area contributed by atoms with Gasteiger partial charge in [0.25, 0.3) is 5.91 Å². The summed E-state index contributed by atoms with van der Waals surface area (Å²) in [5.74, 6) is -0.508. The molecule has 0 saturated heterocycles. The number of nitrogens with one attached hydrogen (secondary N) is 1. The van der Waals surface area contributed by atoms with E-state index in [4.69, 9.17) is 5.73 Å². The van der Waals surface area contributed by atoms with Crippen LogP contribution in [0.15, 0.2) is 6.20 Å². The molecule has 0 atom stereocenters. The number of hydrogen-bond donors (Lipinski definition) is 2. The Morgan fingerprint density at radius 2 is 2.11 bits per heavy atom. The van der Waals surface area contributed by atoms with Crippen molar-refractivity contribution in [2.24, 2.45) is 18.2 Å². The van der Waals surface area contributed by atoms with Crippen molar-refractivity contribution in [1.29, 1.82) is 0 Å². The van der Waals surface area contributed by atoms with E-state index in [0.29, 0.717) is 12.1 Å². The molecule has 1 heterocycles.